The average molecular weight is 224 g/mol. The van der Waals surface area contributed by atoms with Crippen LogP contribution in [0.25, 0.3) is 0 Å². The molecule has 4 heteroatoms. The fourth-order valence-electron chi connectivity index (χ4n) is 2.36. The van der Waals surface area contributed by atoms with Crippen LogP contribution in [0.5, 0.6) is 0 Å². The monoisotopic (exact) mass is 224 g/mol. The Morgan fingerprint density at radius 3 is 3.25 bits per heavy atom. The quantitative estimate of drug-likeness (QED) is 0.816. The molecule has 0 aliphatic carbocycles. The summed E-state index contributed by atoms with van der Waals surface area (Å²) >= 11 is 0. The Hall–Kier alpha value is -0.840. The van der Waals surface area contributed by atoms with E-state index < -0.39 is 0 Å². The Morgan fingerprint density at radius 2 is 2.50 bits per heavy atom. The summed E-state index contributed by atoms with van der Waals surface area (Å²) in [5, 5.41) is 0. The normalized spacial score (nSPS) is 21.8. The molecule has 0 spiro atoms. The van der Waals surface area contributed by atoms with Gasteiger partial charge >= 0.3 is 0 Å². The fraction of sp³-hybridized carbons (Fsp3) is 0.667. The van der Waals surface area contributed by atoms with Crippen LogP contribution in [0.3, 0.4) is 0 Å². The van der Waals surface area contributed by atoms with Gasteiger partial charge in [0.15, 0.2) is 0 Å². The Labute approximate surface area is 96.4 Å². The van der Waals surface area contributed by atoms with Crippen molar-refractivity contribution in [2.45, 2.75) is 19.5 Å². The highest BCUT2D eigenvalue weighted by Gasteiger charge is 2.23. The molecule has 1 aromatic rings. The Balaban J connectivity index is 1.87. The van der Waals surface area contributed by atoms with Crippen molar-refractivity contribution in [3.63, 3.8) is 0 Å². The Kier molecular flexibility index (Phi) is 3.98. The third-order valence-electron chi connectivity index (χ3n) is 3.19. The number of nitrogens with zero attached hydrogens (tertiary/aromatic N) is 1. The van der Waals surface area contributed by atoms with Crippen molar-refractivity contribution in [1.82, 2.24) is 4.90 Å². The SMILES string of the molecule is COCC1CCN(Cc2ccoc2CN)C1. The van der Waals surface area contributed by atoms with Gasteiger partial charge in [0.2, 0.25) is 0 Å². The van der Waals surface area contributed by atoms with Crippen LogP contribution in [0.2, 0.25) is 0 Å². The number of likely N-dealkylation sites (tertiary alicyclic amines) is 1. The molecule has 1 atom stereocenters. The van der Waals surface area contributed by atoms with Crippen LogP contribution in [0.1, 0.15) is 17.7 Å². The second-order valence-corrected chi connectivity index (χ2v) is 4.42. The van der Waals surface area contributed by atoms with Crippen molar-refractivity contribution in [3.8, 4) is 0 Å². The fourth-order valence-corrected chi connectivity index (χ4v) is 2.36. The van der Waals surface area contributed by atoms with Gasteiger partial charge in [-0.05, 0) is 24.9 Å². The van der Waals surface area contributed by atoms with Gasteiger partial charge in [0.05, 0.1) is 19.4 Å². The second kappa shape index (κ2) is 5.48. The van der Waals surface area contributed by atoms with Crippen molar-refractivity contribution < 1.29 is 9.15 Å². The van der Waals surface area contributed by atoms with Gasteiger partial charge in [0.25, 0.3) is 0 Å². The van der Waals surface area contributed by atoms with Crippen LogP contribution >= 0.6 is 0 Å². The third kappa shape index (κ3) is 2.64. The molecule has 16 heavy (non-hydrogen) atoms. The molecule has 2 N–H and O–H groups in total. The summed E-state index contributed by atoms with van der Waals surface area (Å²) in [5.74, 6) is 1.59. The predicted molar refractivity (Wildman–Crippen MR) is 61.9 cm³/mol. The molecule has 1 aliphatic heterocycles. The van der Waals surface area contributed by atoms with Gasteiger partial charge in [-0.15, -0.1) is 0 Å². The summed E-state index contributed by atoms with van der Waals surface area (Å²) in [5.41, 5.74) is 6.83. The Morgan fingerprint density at radius 1 is 1.62 bits per heavy atom. The van der Waals surface area contributed by atoms with Gasteiger partial charge < -0.3 is 14.9 Å². The van der Waals surface area contributed by atoms with E-state index in [2.05, 4.69) is 4.90 Å². The summed E-state index contributed by atoms with van der Waals surface area (Å²) in [4.78, 5) is 2.44. The first-order chi connectivity index (χ1) is 7.83. The lowest BCUT2D eigenvalue weighted by Crippen LogP contribution is -2.21. The van der Waals surface area contributed by atoms with Crippen molar-refractivity contribution in [2.75, 3.05) is 26.8 Å². The van der Waals surface area contributed by atoms with Crippen molar-refractivity contribution in [2.24, 2.45) is 11.7 Å². The van der Waals surface area contributed by atoms with Crippen molar-refractivity contribution in [3.05, 3.63) is 23.7 Å². The summed E-state index contributed by atoms with van der Waals surface area (Å²) in [6.07, 6.45) is 2.95. The highest BCUT2D eigenvalue weighted by Crippen LogP contribution is 2.20. The largest absolute Gasteiger partial charge is 0.468 e. The van der Waals surface area contributed by atoms with E-state index in [1.54, 1.807) is 13.4 Å². The van der Waals surface area contributed by atoms with Gasteiger partial charge in [0.1, 0.15) is 5.76 Å². The molecule has 0 radical (unpaired) electrons. The summed E-state index contributed by atoms with van der Waals surface area (Å²) in [7, 11) is 1.77. The molecule has 2 heterocycles. The van der Waals surface area contributed by atoms with Crippen LogP contribution in [-0.4, -0.2) is 31.7 Å². The van der Waals surface area contributed by atoms with E-state index in [-0.39, 0.29) is 0 Å². The number of methoxy groups -OCH3 is 1. The smallest absolute Gasteiger partial charge is 0.121 e. The molecule has 4 nitrogen and oxygen atoms in total. The predicted octanol–water partition coefficient (Wildman–Crippen LogP) is 1.21. The molecule has 0 amide bonds. The molecule has 1 saturated heterocycles. The zero-order valence-electron chi connectivity index (χ0n) is 9.82. The second-order valence-electron chi connectivity index (χ2n) is 4.42. The molecule has 2 rings (SSSR count). The van der Waals surface area contributed by atoms with Crippen molar-refractivity contribution in [1.29, 1.82) is 0 Å². The molecule has 1 unspecified atom stereocenters. The molecule has 0 aromatic carbocycles. The molecular weight excluding hydrogens is 204 g/mol. The highest BCUT2D eigenvalue weighted by atomic mass is 16.5. The van der Waals surface area contributed by atoms with Crippen LogP contribution < -0.4 is 5.73 Å². The summed E-state index contributed by atoms with van der Waals surface area (Å²) in [6, 6.07) is 2.02. The van der Waals surface area contributed by atoms with E-state index in [4.69, 9.17) is 14.9 Å². The minimum atomic E-state index is 0.484. The Bertz CT molecular complexity index is 325. The van der Waals surface area contributed by atoms with Gasteiger partial charge in [-0.25, -0.2) is 0 Å². The van der Waals surface area contributed by atoms with Gasteiger partial charge in [0, 0.05) is 25.8 Å². The minimum Gasteiger partial charge on any atom is -0.468 e. The van der Waals surface area contributed by atoms with Crippen LogP contribution in [0.4, 0.5) is 0 Å². The first-order valence-corrected chi connectivity index (χ1v) is 5.80. The van der Waals surface area contributed by atoms with Crippen LogP contribution in [-0.2, 0) is 17.8 Å². The van der Waals surface area contributed by atoms with E-state index in [1.807, 2.05) is 6.07 Å². The minimum absolute atomic E-state index is 0.484. The van der Waals surface area contributed by atoms with Crippen molar-refractivity contribution >= 4 is 0 Å². The molecule has 1 fully saturated rings. The van der Waals surface area contributed by atoms with E-state index in [0.717, 1.165) is 32.0 Å². The molecule has 90 valence electrons. The highest BCUT2D eigenvalue weighted by molar-refractivity contribution is 5.16. The first kappa shape index (κ1) is 11.6. The maximum Gasteiger partial charge on any atom is 0.121 e. The van der Waals surface area contributed by atoms with Gasteiger partial charge in [-0.3, -0.25) is 4.90 Å². The standard InChI is InChI=1S/C12H20N2O2/c1-15-9-10-2-4-14(7-10)8-11-3-5-16-12(11)6-13/h3,5,10H,2,4,6-9,13H2,1H3. The number of nitrogens with two attached hydrogens (primary N) is 1. The van der Waals surface area contributed by atoms with Crippen LogP contribution in [0, 0.1) is 5.92 Å². The topological polar surface area (TPSA) is 51.6 Å². The maximum atomic E-state index is 5.61. The molecule has 1 aromatic heterocycles. The molecule has 0 saturated carbocycles. The number of hydrogen-bond donors (Lipinski definition) is 1. The lowest BCUT2D eigenvalue weighted by Gasteiger charge is -2.15. The number of furan rings is 1. The van der Waals surface area contributed by atoms with E-state index in [1.165, 1.54) is 12.0 Å². The van der Waals surface area contributed by atoms with E-state index in [9.17, 15) is 0 Å². The van der Waals surface area contributed by atoms with E-state index in [0.29, 0.717) is 12.5 Å². The lowest BCUT2D eigenvalue weighted by atomic mass is 10.1. The maximum absolute atomic E-state index is 5.61. The first-order valence-electron chi connectivity index (χ1n) is 5.80. The lowest BCUT2D eigenvalue weighted by molar-refractivity contribution is 0.152. The zero-order valence-corrected chi connectivity index (χ0v) is 9.82. The third-order valence-corrected chi connectivity index (χ3v) is 3.19. The molecular formula is C12H20N2O2. The number of hydrogen-bond acceptors (Lipinski definition) is 4. The summed E-state index contributed by atoms with van der Waals surface area (Å²) in [6.45, 7) is 4.55. The van der Waals surface area contributed by atoms with Crippen LogP contribution in [0.15, 0.2) is 16.7 Å². The van der Waals surface area contributed by atoms with Gasteiger partial charge in [-0.1, -0.05) is 0 Å². The number of ether oxygens (including phenoxy) is 1. The number of rotatable bonds is 5. The zero-order chi connectivity index (χ0) is 11.4. The summed E-state index contributed by atoms with van der Waals surface area (Å²) < 4.78 is 10.5. The van der Waals surface area contributed by atoms with Gasteiger partial charge in [-0.2, -0.15) is 0 Å². The molecule has 0 bridgehead atoms. The van der Waals surface area contributed by atoms with E-state index >= 15 is 0 Å². The average Bonchev–Trinajstić information content (AvgIpc) is 2.89. The molecule has 1 aliphatic rings.